The summed E-state index contributed by atoms with van der Waals surface area (Å²) in [5.74, 6) is 0.574. The van der Waals surface area contributed by atoms with Crippen molar-refractivity contribution < 1.29 is 9.18 Å². The average molecular weight is 516 g/mol. The largest absolute Gasteiger partial charge is 0.377 e. The van der Waals surface area contributed by atoms with Gasteiger partial charge in [-0.1, -0.05) is 42.4 Å². The number of nitrogens with zero attached hydrogens (tertiary/aromatic N) is 4. The summed E-state index contributed by atoms with van der Waals surface area (Å²) in [5.41, 5.74) is 3.99. The minimum Gasteiger partial charge on any atom is -0.377 e. The van der Waals surface area contributed by atoms with E-state index in [4.69, 9.17) is 11.6 Å². The fourth-order valence-corrected chi connectivity index (χ4v) is 4.85. The third kappa shape index (κ3) is 5.13. The van der Waals surface area contributed by atoms with Crippen molar-refractivity contribution in [3.05, 3.63) is 96.0 Å². The molecular formula is C29H27ClFN5O. The van der Waals surface area contributed by atoms with Crippen molar-refractivity contribution in [3.63, 3.8) is 0 Å². The maximum Gasteiger partial charge on any atom is 0.246 e. The number of halogens is 2. The number of anilines is 2. The number of amides is 1. The standard InChI is InChI=1S/C29H27ClFN5O/c1-3-28(37)36-14-12-35(13-15-36)27-11-9-21(17-33-27)20-8-10-26-23(16-20)29(24(30)18-32-26)34-19(2)22-6-4-5-7-25(22)31/h3-11,16-19H,1,12-15H2,2H3,(H,32,34)/t19-/m1/s1. The molecule has 0 aliphatic carbocycles. The molecule has 3 heterocycles. The first-order valence-corrected chi connectivity index (χ1v) is 12.5. The van der Waals surface area contributed by atoms with Crippen molar-refractivity contribution in [1.29, 1.82) is 0 Å². The van der Waals surface area contributed by atoms with E-state index in [1.807, 2.05) is 49.5 Å². The van der Waals surface area contributed by atoms with Crippen LogP contribution in [0.3, 0.4) is 0 Å². The lowest BCUT2D eigenvalue weighted by Gasteiger charge is -2.34. The fourth-order valence-electron chi connectivity index (χ4n) is 4.64. The maximum atomic E-state index is 14.4. The van der Waals surface area contributed by atoms with Gasteiger partial charge in [-0.3, -0.25) is 9.78 Å². The first kappa shape index (κ1) is 24.7. The van der Waals surface area contributed by atoms with Gasteiger partial charge in [-0.2, -0.15) is 0 Å². The summed E-state index contributed by atoms with van der Waals surface area (Å²) in [4.78, 5) is 25.0. The molecule has 1 atom stereocenters. The molecule has 0 spiro atoms. The number of carbonyl (C=O) groups is 1. The molecule has 4 aromatic rings. The highest BCUT2D eigenvalue weighted by Crippen LogP contribution is 2.35. The fraction of sp³-hybridized carbons (Fsp3) is 0.207. The van der Waals surface area contributed by atoms with Crippen LogP contribution in [0.5, 0.6) is 0 Å². The zero-order valence-corrected chi connectivity index (χ0v) is 21.3. The van der Waals surface area contributed by atoms with Crippen molar-refractivity contribution in [3.8, 4) is 11.1 Å². The smallest absolute Gasteiger partial charge is 0.246 e. The van der Waals surface area contributed by atoms with Gasteiger partial charge in [0.25, 0.3) is 0 Å². The van der Waals surface area contributed by atoms with Gasteiger partial charge < -0.3 is 15.1 Å². The van der Waals surface area contributed by atoms with Crippen LogP contribution in [0, 0.1) is 5.82 Å². The molecular weight excluding hydrogens is 489 g/mol. The number of carbonyl (C=O) groups excluding carboxylic acids is 1. The molecule has 1 amide bonds. The van der Waals surface area contributed by atoms with Gasteiger partial charge in [-0.15, -0.1) is 0 Å². The third-order valence-electron chi connectivity index (χ3n) is 6.73. The zero-order valence-electron chi connectivity index (χ0n) is 20.5. The van der Waals surface area contributed by atoms with Crippen LogP contribution in [0.2, 0.25) is 5.02 Å². The molecule has 0 saturated carbocycles. The molecule has 5 rings (SSSR count). The third-order valence-corrected chi connectivity index (χ3v) is 7.01. The number of hydrogen-bond donors (Lipinski definition) is 1. The Balaban J connectivity index is 1.39. The van der Waals surface area contributed by atoms with Gasteiger partial charge in [0.2, 0.25) is 5.91 Å². The van der Waals surface area contributed by atoms with Crippen LogP contribution in [-0.2, 0) is 4.79 Å². The van der Waals surface area contributed by atoms with Gasteiger partial charge in [-0.05, 0) is 48.9 Å². The number of fused-ring (bicyclic) bond motifs is 1. The highest BCUT2D eigenvalue weighted by atomic mass is 35.5. The lowest BCUT2D eigenvalue weighted by Crippen LogP contribution is -2.48. The number of piperazine rings is 1. The molecule has 188 valence electrons. The van der Waals surface area contributed by atoms with Crippen molar-refractivity contribution in [2.24, 2.45) is 0 Å². The number of nitrogens with one attached hydrogen (secondary N) is 1. The van der Waals surface area contributed by atoms with Crippen LogP contribution in [-0.4, -0.2) is 47.0 Å². The van der Waals surface area contributed by atoms with E-state index in [0.717, 1.165) is 40.9 Å². The molecule has 6 nitrogen and oxygen atoms in total. The van der Waals surface area contributed by atoms with Crippen molar-refractivity contribution in [1.82, 2.24) is 14.9 Å². The monoisotopic (exact) mass is 515 g/mol. The molecule has 0 radical (unpaired) electrons. The summed E-state index contributed by atoms with van der Waals surface area (Å²) < 4.78 is 14.4. The summed E-state index contributed by atoms with van der Waals surface area (Å²) in [5, 5.41) is 4.70. The Morgan fingerprint density at radius 1 is 1.05 bits per heavy atom. The van der Waals surface area contributed by atoms with Crippen LogP contribution < -0.4 is 10.2 Å². The van der Waals surface area contributed by atoms with Gasteiger partial charge in [0.1, 0.15) is 11.6 Å². The Kier molecular flexibility index (Phi) is 7.06. The van der Waals surface area contributed by atoms with Crippen LogP contribution in [0.4, 0.5) is 15.9 Å². The van der Waals surface area contributed by atoms with E-state index in [-0.39, 0.29) is 17.8 Å². The molecule has 2 aromatic heterocycles. The molecule has 37 heavy (non-hydrogen) atoms. The van der Waals surface area contributed by atoms with Gasteiger partial charge in [0.05, 0.1) is 22.3 Å². The molecule has 8 heteroatoms. The Bertz CT molecular complexity index is 1450. The number of aromatic nitrogens is 2. The first-order valence-electron chi connectivity index (χ1n) is 12.2. The van der Waals surface area contributed by atoms with E-state index >= 15 is 0 Å². The topological polar surface area (TPSA) is 61.4 Å². The minimum atomic E-state index is -0.295. The van der Waals surface area contributed by atoms with Gasteiger partial charge in [0.15, 0.2) is 0 Å². The molecule has 1 aliphatic heterocycles. The van der Waals surface area contributed by atoms with E-state index in [9.17, 15) is 9.18 Å². The SMILES string of the molecule is C=CC(=O)N1CCN(c2ccc(-c3ccc4ncc(Cl)c(N[C@H](C)c5ccccc5F)c4c3)cn2)CC1. The van der Waals surface area contributed by atoms with Crippen molar-refractivity contribution >= 4 is 39.9 Å². The predicted molar refractivity (Wildman–Crippen MR) is 147 cm³/mol. The van der Waals surface area contributed by atoms with Crippen molar-refractivity contribution in [2.45, 2.75) is 13.0 Å². The second-order valence-corrected chi connectivity index (χ2v) is 9.43. The summed E-state index contributed by atoms with van der Waals surface area (Å²) >= 11 is 6.55. The molecule has 1 fully saturated rings. The van der Waals surface area contributed by atoms with Crippen molar-refractivity contribution in [2.75, 3.05) is 36.4 Å². The van der Waals surface area contributed by atoms with Gasteiger partial charge >= 0.3 is 0 Å². The summed E-state index contributed by atoms with van der Waals surface area (Å²) in [7, 11) is 0. The average Bonchev–Trinajstić information content (AvgIpc) is 2.94. The second-order valence-electron chi connectivity index (χ2n) is 9.02. The predicted octanol–water partition coefficient (Wildman–Crippen LogP) is 6.10. The lowest BCUT2D eigenvalue weighted by molar-refractivity contribution is -0.126. The Hall–Kier alpha value is -3.97. The van der Waals surface area contributed by atoms with E-state index < -0.39 is 0 Å². The first-order chi connectivity index (χ1) is 17.9. The van der Waals surface area contributed by atoms with Crippen LogP contribution >= 0.6 is 11.6 Å². The van der Waals surface area contributed by atoms with Crippen LogP contribution in [0.25, 0.3) is 22.0 Å². The van der Waals surface area contributed by atoms with Gasteiger partial charge in [-0.25, -0.2) is 9.37 Å². The highest BCUT2D eigenvalue weighted by molar-refractivity contribution is 6.34. The normalized spacial score (nSPS) is 14.5. The summed E-state index contributed by atoms with van der Waals surface area (Å²) in [6.45, 7) is 8.21. The van der Waals surface area contributed by atoms with E-state index in [1.165, 1.54) is 12.1 Å². The molecule has 1 N–H and O–H groups in total. The number of hydrogen-bond acceptors (Lipinski definition) is 5. The van der Waals surface area contributed by atoms with Gasteiger partial charge in [0, 0.05) is 55.1 Å². The zero-order chi connectivity index (χ0) is 25.9. The number of pyridine rings is 2. The molecule has 1 saturated heterocycles. The number of rotatable bonds is 6. The lowest BCUT2D eigenvalue weighted by atomic mass is 10.0. The van der Waals surface area contributed by atoms with Crippen LogP contribution in [0.15, 0.2) is 79.6 Å². The Labute approximate surface area is 220 Å². The minimum absolute atomic E-state index is 0.0361. The quantitative estimate of drug-likeness (QED) is 0.314. The van der Waals surface area contributed by atoms with E-state index in [1.54, 1.807) is 23.2 Å². The van der Waals surface area contributed by atoms with Crippen LogP contribution in [0.1, 0.15) is 18.5 Å². The Morgan fingerprint density at radius 3 is 2.51 bits per heavy atom. The molecule has 1 aliphatic rings. The second kappa shape index (κ2) is 10.6. The molecule has 0 bridgehead atoms. The summed E-state index contributed by atoms with van der Waals surface area (Å²) in [6.07, 6.45) is 4.82. The highest BCUT2D eigenvalue weighted by Gasteiger charge is 2.20. The summed E-state index contributed by atoms with van der Waals surface area (Å²) in [6, 6.07) is 16.4. The molecule has 0 unspecified atom stereocenters. The van der Waals surface area contributed by atoms with E-state index in [2.05, 4.69) is 26.8 Å². The number of benzene rings is 2. The Morgan fingerprint density at radius 2 is 1.81 bits per heavy atom. The maximum absolute atomic E-state index is 14.4. The van der Waals surface area contributed by atoms with E-state index in [0.29, 0.717) is 29.4 Å². The molecule has 2 aromatic carbocycles.